The number of ether oxygens (including phenoxy) is 9. The fourth-order valence-electron chi connectivity index (χ4n) is 5.64. The molecule has 3 amide bonds. The first kappa shape index (κ1) is 92.8. The van der Waals surface area contributed by atoms with Crippen molar-refractivity contribution in [2.24, 2.45) is 0 Å². The molecule has 6 N–H and O–H groups in total. The predicted molar refractivity (Wildman–Crippen MR) is 327 cm³/mol. The Morgan fingerprint density at radius 1 is 0.714 bits per heavy atom. The number of hydrogen-bond donors (Lipinski definition) is 6. The first-order valence-corrected chi connectivity index (χ1v) is 28.4. The van der Waals surface area contributed by atoms with Crippen molar-refractivity contribution < 1.29 is 124 Å². The summed E-state index contributed by atoms with van der Waals surface area (Å²) in [5.41, 5.74) is -0.127. The SMILES string of the molecule is C.C=C(CCl)CCl.C=C1COCCN(C(=O)OC(C)(C)C)C1.CC(C)(C)OC(=O)CCCO.CC(C)(C)OC(=O)N1CCOCC(=O)C1.CC(C)(C)OC(=O)N1CCOCC(O)C1.CCO.OC1CCCO1.OC1CNCCOC1.[2H]CC.[B].[H-].[Na+]. The Bertz CT molecular complexity index is 1640. The monoisotopic (exact) mass is 1260 g/mol. The maximum absolute atomic E-state index is 11.7. The Morgan fingerprint density at radius 3 is 1.54 bits per heavy atom. The number of β-amino-alcohol motifs (C(OH)–C–C–N with tert-alkyl or cyclic N) is 2. The van der Waals surface area contributed by atoms with E-state index in [0.29, 0.717) is 97.3 Å². The first-order chi connectivity index (χ1) is 38.0. The van der Waals surface area contributed by atoms with Gasteiger partial charge in [-0.05, 0) is 114 Å². The summed E-state index contributed by atoms with van der Waals surface area (Å²) >= 11 is 10.5. The molecule has 3 unspecified atom stereocenters. The average molecular weight is 1260 g/mol. The van der Waals surface area contributed by atoms with E-state index in [0.717, 1.165) is 43.7 Å². The normalized spacial score (nSPS) is 18.8. The Kier molecular flexibility index (Phi) is 61.8. The van der Waals surface area contributed by atoms with Gasteiger partial charge in [0.05, 0.1) is 71.5 Å². The summed E-state index contributed by atoms with van der Waals surface area (Å²) in [6.45, 7) is 41.5. The molecule has 3 atom stereocenters. The summed E-state index contributed by atoms with van der Waals surface area (Å²) in [6, 6.07) is 0. The molecule has 23 nitrogen and oxygen atoms in total. The molecule has 0 spiro atoms. The van der Waals surface area contributed by atoms with Crippen LogP contribution in [0.5, 0.6) is 0 Å². The largest absolute Gasteiger partial charge is 1.00 e. The number of nitrogens with one attached hydrogen (secondary N) is 1. The zero-order valence-corrected chi connectivity index (χ0v) is 56.7. The van der Waals surface area contributed by atoms with Gasteiger partial charge in [0.1, 0.15) is 29.0 Å². The van der Waals surface area contributed by atoms with Crippen LogP contribution in [-0.4, -0.2) is 256 Å². The van der Waals surface area contributed by atoms with Crippen LogP contribution in [0.2, 0.25) is 0 Å². The molecule has 84 heavy (non-hydrogen) atoms. The smallest absolute Gasteiger partial charge is 1.00 e. The van der Waals surface area contributed by atoms with Crippen molar-refractivity contribution in [3.63, 3.8) is 0 Å². The van der Waals surface area contributed by atoms with E-state index < -0.39 is 47.0 Å². The summed E-state index contributed by atoms with van der Waals surface area (Å²) in [6.07, 6.45) is 0.0780. The van der Waals surface area contributed by atoms with Crippen LogP contribution in [0.25, 0.3) is 0 Å². The minimum atomic E-state index is -0.625. The fourth-order valence-corrected chi connectivity index (χ4v) is 5.92. The Hall–Kier alpha value is -2.37. The molecule has 5 fully saturated rings. The third kappa shape index (κ3) is 65.6. The number of carbonyl (C=O) groups is 5. The van der Waals surface area contributed by atoms with E-state index in [4.69, 9.17) is 87.6 Å². The molecule has 0 aromatic rings. The number of Topliss-reactive ketones (excluding diaryl/α,β-unsaturated/α-hetero) is 1. The Morgan fingerprint density at radius 2 is 1.13 bits per heavy atom. The fraction of sp³-hybridized carbons (Fsp3) is 0.842. The second-order valence-corrected chi connectivity index (χ2v) is 22.5. The number of hydrogen-bond acceptors (Lipinski definition) is 20. The number of aliphatic hydroxyl groups is 5. The number of allylic oxidation sites excluding steroid dienone is 1. The molecule has 493 valence electrons. The molecule has 5 rings (SSSR count). The number of rotatable bonds is 5. The van der Waals surface area contributed by atoms with Crippen molar-refractivity contribution in [3.05, 3.63) is 24.3 Å². The first-order valence-electron chi connectivity index (χ1n) is 28.0. The van der Waals surface area contributed by atoms with Crippen molar-refractivity contribution in [2.45, 2.75) is 178 Å². The Balaban J connectivity index is -0.000000137. The van der Waals surface area contributed by atoms with Crippen molar-refractivity contribution in [1.82, 2.24) is 20.0 Å². The molecule has 3 radical (unpaired) electrons. The summed E-state index contributed by atoms with van der Waals surface area (Å²) < 4.78 is 51.9. The quantitative estimate of drug-likeness (QED) is 0.0749. The standard InChI is InChI=1S/C11H19NO3.C10H19NO4.C10H17NO4.C8H16O3.C5H11NO2.C4H6Cl2.C4H8O2.C2H6O.C2H6.CH4.B.Na.H/c1-9-7-12(5-6-14-8-9)10(13)15-11(2,3)4;2*1-10(2,3)15-9(13)11-4-5-14-7-8(12)6-11;1-8(2,3)11-7(10)5-4-6-9;7-5-3-6-1-2-8-4-5;1-4(2-5)3-6;5-4-2-1-3-6-4;1-2-3;1-2;;;;/h1,5-8H2,2-4H3;8,12H,4-7H2,1-3H3;4-7H2,1-3H3;9H,4-6H2,1-3H3;5-7H,1-4H2;1-3H2;4-5H,1-3H2;3H,2H2,1H3;1-2H3;1H4;;;/q;;;;;;;;;;;+1;-1/i;;;;;;;;1D;;;;. The maximum atomic E-state index is 11.7. The van der Waals surface area contributed by atoms with Crippen LogP contribution in [0.3, 0.4) is 0 Å². The van der Waals surface area contributed by atoms with Gasteiger partial charge < -0.3 is 84.7 Å². The van der Waals surface area contributed by atoms with Gasteiger partial charge in [-0.3, -0.25) is 14.5 Å². The van der Waals surface area contributed by atoms with Crippen LogP contribution < -0.4 is 34.9 Å². The van der Waals surface area contributed by atoms with Gasteiger partial charge in [-0.1, -0.05) is 34.4 Å². The van der Waals surface area contributed by atoms with Gasteiger partial charge in [0.25, 0.3) is 0 Å². The molecule has 5 saturated heterocycles. The van der Waals surface area contributed by atoms with Crippen LogP contribution >= 0.6 is 23.2 Å². The molecule has 27 heteroatoms. The number of halogens is 2. The van der Waals surface area contributed by atoms with E-state index in [2.05, 4.69) is 18.5 Å². The van der Waals surface area contributed by atoms with Gasteiger partial charge in [-0.15, -0.1) is 23.2 Å². The molecule has 0 bridgehead atoms. The average Bonchev–Trinajstić information content (AvgIpc) is 3.68. The third-order valence-electron chi connectivity index (χ3n) is 8.92. The van der Waals surface area contributed by atoms with Crippen LogP contribution in [0, 0.1) is 0 Å². The molecule has 5 heterocycles. The molecule has 0 aromatic carbocycles. The van der Waals surface area contributed by atoms with Gasteiger partial charge in [0.15, 0.2) is 12.1 Å². The molecule has 5 aliphatic heterocycles. The van der Waals surface area contributed by atoms with Gasteiger partial charge >= 0.3 is 53.8 Å². The Labute approximate surface area is 542 Å². The number of amides is 3. The molecular formula is C57H113BCl2N4NaO19. The predicted octanol–water partition coefficient (Wildman–Crippen LogP) is 3.85. The van der Waals surface area contributed by atoms with Gasteiger partial charge in [-0.25, -0.2) is 14.4 Å². The van der Waals surface area contributed by atoms with E-state index in [1.807, 2.05) is 62.3 Å². The second-order valence-electron chi connectivity index (χ2n) is 22.0. The van der Waals surface area contributed by atoms with E-state index >= 15 is 0 Å². The van der Waals surface area contributed by atoms with Crippen molar-refractivity contribution in [2.75, 3.05) is 137 Å². The number of esters is 1. The van der Waals surface area contributed by atoms with Crippen LogP contribution in [0.1, 0.15) is 140 Å². The molecule has 0 aliphatic carbocycles. The number of nitrogens with zero attached hydrogens (tertiary/aromatic N) is 3. The van der Waals surface area contributed by atoms with Crippen molar-refractivity contribution in [1.29, 1.82) is 0 Å². The summed E-state index contributed by atoms with van der Waals surface area (Å²) in [5.74, 6) is 0.609. The summed E-state index contributed by atoms with van der Waals surface area (Å²) in [7, 11) is 0. The number of aliphatic hydroxyl groups excluding tert-OH is 5. The third-order valence-corrected chi connectivity index (χ3v) is 9.68. The molecular weight excluding hydrogens is 1150 g/mol. The van der Waals surface area contributed by atoms with E-state index in [-0.39, 0.29) is 110 Å². The van der Waals surface area contributed by atoms with E-state index in [1.165, 1.54) is 9.80 Å². The summed E-state index contributed by atoms with van der Waals surface area (Å²) in [4.78, 5) is 61.5. The molecule has 0 aromatic heterocycles. The van der Waals surface area contributed by atoms with E-state index in [1.54, 1.807) is 39.5 Å². The molecule has 0 saturated carbocycles. The number of alkyl halides is 2. The minimum Gasteiger partial charge on any atom is -1.00 e. The zero-order chi connectivity index (χ0) is 64.0. The van der Waals surface area contributed by atoms with Crippen LogP contribution in [0.15, 0.2) is 24.3 Å². The van der Waals surface area contributed by atoms with Crippen LogP contribution in [0.4, 0.5) is 14.4 Å². The number of carbonyl (C=O) groups excluding carboxylic acids is 5. The van der Waals surface area contributed by atoms with E-state index in [9.17, 15) is 29.1 Å². The minimum absolute atomic E-state index is 0. The van der Waals surface area contributed by atoms with Gasteiger partial charge in [0.2, 0.25) is 0 Å². The topological polar surface area (TPSA) is 291 Å². The van der Waals surface area contributed by atoms with Crippen molar-refractivity contribution in [3.8, 4) is 0 Å². The maximum Gasteiger partial charge on any atom is 1.00 e. The second kappa shape index (κ2) is 55.9. The van der Waals surface area contributed by atoms with Crippen molar-refractivity contribution >= 4 is 61.6 Å². The van der Waals surface area contributed by atoms with Gasteiger partial charge in [-0.2, -0.15) is 0 Å². The molecule has 5 aliphatic rings. The van der Waals surface area contributed by atoms with Crippen LogP contribution in [-0.2, 0) is 52.2 Å². The number of ketones is 1. The van der Waals surface area contributed by atoms with Gasteiger partial charge in [0, 0.05) is 93.5 Å². The summed E-state index contributed by atoms with van der Waals surface area (Å²) in [5, 5.41) is 45.8. The zero-order valence-electron chi connectivity index (χ0n) is 55.2.